The molecule has 0 aliphatic heterocycles. The van der Waals surface area contributed by atoms with Crippen molar-refractivity contribution in [3.63, 3.8) is 0 Å². The third-order valence-electron chi connectivity index (χ3n) is 6.65. The predicted molar refractivity (Wildman–Crippen MR) is 75.5 cm³/mol. The maximum absolute atomic E-state index is 11.7. The summed E-state index contributed by atoms with van der Waals surface area (Å²) < 4.78 is 5.76. The van der Waals surface area contributed by atoms with Crippen LogP contribution in [0.1, 0.15) is 52.9 Å². The van der Waals surface area contributed by atoms with Crippen LogP contribution in [0.4, 0.5) is 0 Å². The van der Waals surface area contributed by atoms with Gasteiger partial charge in [-0.1, -0.05) is 13.5 Å². The smallest absolute Gasteiger partial charge is 0.330 e. The van der Waals surface area contributed by atoms with Crippen molar-refractivity contribution >= 4 is 5.97 Å². The van der Waals surface area contributed by atoms with Crippen LogP contribution in [0.3, 0.4) is 0 Å². The number of ether oxygens (including phenoxy) is 1. The lowest BCUT2D eigenvalue weighted by atomic mass is 9.42. The van der Waals surface area contributed by atoms with Gasteiger partial charge in [0.2, 0.25) is 0 Å². The van der Waals surface area contributed by atoms with Crippen molar-refractivity contribution in [1.29, 1.82) is 0 Å². The molecule has 0 heterocycles. The molecule has 0 unspecified atom stereocenters. The number of hydrogen-bond donors (Lipinski definition) is 0. The Kier molecular flexibility index (Phi) is 2.85. The van der Waals surface area contributed by atoms with Crippen molar-refractivity contribution in [2.45, 2.75) is 58.5 Å². The van der Waals surface area contributed by atoms with Crippen molar-refractivity contribution < 1.29 is 9.53 Å². The second kappa shape index (κ2) is 4.10. The number of rotatable bonds is 3. The van der Waals surface area contributed by atoms with Gasteiger partial charge in [0.25, 0.3) is 0 Å². The summed E-state index contributed by atoms with van der Waals surface area (Å²) in [6.07, 6.45) is 8.13. The zero-order chi connectivity index (χ0) is 13.8. The fourth-order valence-corrected chi connectivity index (χ4v) is 5.55. The second-order valence-electron chi connectivity index (χ2n) is 7.72. The van der Waals surface area contributed by atoms with Gasteiger partial charge in [0.05, 0.1) is 0 Å². The summed E-state index contributed by atoms with van der Waals surface area (Å²) in [6, 6.07) is 0. The van der Waals surface area contributed by atoms with E-state index in [0.29, 0.717) is 0 Å². The summed E-state index contributed by atoms with van der Waals surface area (Å²) in [6.45, 7) is 10.1. The first-order valence-electron chi connectivity index (χ1n) is 7.72. The van der Waals surface area contributed by atoms with E-state index in [9.17, 15) is 4.79 Å². The van der Waals surface area contributed by atoms with Gasteiger partial charge in [-0.25, -0.2) is 4.79 Å². The number of hydrogen-bond acceptors (Lipinski definition) is 2. The second-order valence-corrected chi connectivity index (χ2v) is 7.72. The fraction of sp³-hybridized carbons (Fsp3) is 0.824. The Morgan fingerprint density at radius 2 is 1.63 bits per heavy atom. The van der Waals surface area contributed by atoms with Gasteiger partial charge in [-0.15, -0.1) is 0 Å². The zero-order valence-corrected chi connectivity index (χ0v) is 12.4. The predicted octanol–water partition coefficient (Wildman–Crippen LogP) is 3.96. The van der Waals surface area contributed by atoms with Crippen LogP contribution >= 0.6 is 0 Å². The van der Waals surface area contributed by atoms with Crippen LogP contribution in [0.15, 0.2) is 12.7 Å². The van der Waals surface area contributed by atoms with E-state index < -0.39 is 0 Å². The number of esters is 1. The molecule has 4 aliphatic rings. The minimum absolute atomic E-state index is 0.138. The van der Waals surface area contributed by atoms with E-state index in [1.165, 1.54) is 38.2 Å². The van der Waals surface area contributed by atoms with Crippen molar-refractivity contribution in [1.82, 2.24) is 0 Å². The highest BCUT2D eigenvalue weighted by molar-refractivity contribution is 5.81. The van der Waals surface area contributed by atoms with Crippen molar-refractivity contribution in [3.05, 3.63) is 12.7 Å². The molecular formula is C17H26O2. The number of carbonyl (C=O) groups is 1. The normalized spacial score (nSPS) is 44.2. The summed E-state index contributed by atoms with van der Waals surface area (Å²) in [5.41, 5.74) is -0.250. The number of carbonyl (C=O) groups excluding carboxylic acids is 1. The van der Waals surface area contributed by atoms with Crippen LogP contribution in [0.5, 0.6) is 0 Å². The first-order valence-corrected chi connectivity index (χ1v) is 7.72. The van der Waals surface area contributed by atoms with Gasteiger partial charge in [-0.3, -0.25) is 0 Å². The lowest BCUT2D eigenvalue weighted by Crippen LogP contribution is -2.61. The van der Waals surface area contributed by atoms with Crippen LogP contribution in [0, 0.1) is 29.1 Å². The van der Waals surface area contributed by atoms with Crippen molar-refractivity contribution in [3.8, 4) is 0 Å². The summed E-state index contributed by atoms with van der Waals surface area (Å²) in [4.78, 5) is 11.7. The Morgan fingerprint density at radius 3 is 2.05 bits per heavy atom. The Balaban J connectivity index is 1.89. The molecular weight excluding hydrogens is 236 g/mol. The Morgan fingerprint density at radius 1 is 1.16 bits per heavy atom. The van der Waals surface area contributed by atoms with Gasteiger partial charge in [0.1, 0.15) is 5.60 Å². The summed E-state index contributed by atoms with van der Waals surface area (Å²) in [5, 5.41) is 0. The van der Waals surface area contributed by atoms with Crippen molar-refractivity contribution in [2.75, 3.05) is 0 Å². The highest BCUT2D eigenvalue weighted by atomic mass is 16.6. The third kappa shape index (κ3) is 1.79. The molecule has 0 amide bonds. The minimum Gasteiger partial charge on any atom is -0.456 e. The van der Waals surface area contributed by atoms with Gasteiger partial charge in [0.15, 0.2) is 0 Å². The molecule has 4 bridgehead atoms. The molecule has 0 aromatic heterocycles. The topological polar surface area (TPSA) is 26.3 Å². The Hall–Kier alpha value is -0.790. The summed E-state index contributed by atoms with van der Waals surface area (Å²) >= 11 is 0. The van der Waals surface area contributed by atoms with Crippen molar-refractivity contribution in [2.24, 2.45) is 29.1 Å². The fourth-order valence-electron chi connectivity index (χ4n) is 5.55. The molecule has 4 aliphatic carbocycles. The lowest BCUT2D eigenvalue weighted by molar-refractivity contribution is -0.212. The monoisotopic (exact) mass is 262 g/mol. The highest BCUT2D eigenvalue weighted by Gasteiger charge is 2.61. The standard InChI is InChI=1S/C17H26O2/c1-5-15(18)19-16(2,3)17(4)13-7-11-6-12(9-13)10-14(17)8-11/h5,11-14H,1,6-10H2,2-4H3. The van der Waals surface area contributed by atoms with Crippen LogP contribution < -0.4 is 0 Å². The van der Waals surface area contributed by atoms with Gasteiger partial charge in [-0.05, 0) is 69.6 Å². The molecule has 0 atom stereocenters. The third-order valence-corrected chi connectivity index (χ3v) is 6.65. The molecule has 2 nitrogen and oxygen atoms in total. The maximum atomic E-state index is 11.7. The molecule has 4 rings (SSSR count). The molecule has 0 saturated heterocycles. The van der Waals surface area contributed by atoms with E-state index in [0.717, 1.165) is 23.7 Å². The first kappa shape index (κ1) is 13.2. The SMILES string of the molecule is C=CC(=O)OC(C)(C)C1(C)C2CC3CC(C2)CC1C3. The molecule has 0 radical (unpaired) electrons. The zero-order valence-electron chi connectivity index (χ0n) is 12.4. The van der Waals surface area contributed by atoms with E-state index in [1.807, 2.05) is 0 Å². The molecule has 0 aromatic carbocycles. The van der Waals surface area contributed by atoms with Gasteiger partial charge >= 0.3 is 5.97 Å². The van der Waals surface area contributed by atoms with Gasteiger partial charge in [0, 0.05) is 11.5 Å². The maximum Gasteiger partial charge on any atom is 0.330 e. The molecule has 2 heteroatoms. The first-order chi connectivity index (χ1) is 8.86. The lowest BCUT2D eigenvalue weighted by Gasteiger charge is -2.64. The average molecular weight is 262 g/mol. The highest BCUT2D eigenvalue weighted by Crippen LogP contribution is 2.65. The van der Waals surface area contributed by atoms with Crippen LogP contribution in [0.2, 0.25) is 0 Å². The minimum atomic E-state index is -0.388. The van der Waals surface area contributed by atoms with Crippen LogP contribution in [-0.4, -0.2) is 11.6 Å². The average Bonchev–Trinajstić information content (AvgIpc) is 2.33. The van der Waals surface area contributed by atoms with E-state index >= 15 is 0 Å². The van der Waals surface area contributed by atoms with E-state index in [-0.39, 0.29) is 17.0 Å². The summed E-state index contributed by atoms with van der Waals surface area (Å²) in [5.74, 6) is 3.08. The van der Waals surface area contributed by atoms with Gasteiger partial charge < -0.3 is 4.74 Å². The Bertz CT molecular complexity index is 379. The summed E-state index contributed by atoms with van der Waals surface area (Å²) in [7, 11) is 0. The molecule has 0 spiro atoms. The van der Waals surface area contributed by atoms with E-state index in [4.69, 9.17) is 4.74 Å². The molecule has 0 aromatic rings. The van der Waals surface area contributed by atoms with E-state index in [1.54, 1.807) is 0 Å². The van der Waals surface area contributed by atoms with Gasteiger partial charge in [-0.2, -0.15) is 0 Å². The molecule has 106 valence electrons. The van der Waals surface area contributed by atoms with Crippen LogP contribution in [-0.2, 0) is 9.53 Å². The molecule has 4 fully saturated rings. The molecule has 4 saturated carbocycles. The largest absolute Gasteiger partial charge is 0.456 e. The molecule has 19 heavy (non-hydrogen) atoms. The quantitative estimate of drug-likeness (QED) is 0.568. The van der Waals surface area contributed by atoms with Crippen LogP contribution in [0.25, 0.3) is 0 Å². The van der Waals surface area contributed by atoms with E-state index in [2.05, 4.69) is 27.4 Å². The Labute approximate surface area is 116 Å². The molecule has 0 N–H and O–H groups in total.